The van der Waals surface area contributed by atoms with Crippen LogP contribution in [0, 0.1) is 11.7 Å². The van der Waals surface area contributed by atoms with E-state index in [-0.39, 0.29) is 17.6 Å². The molecule has 0 heterocycles. The highest BCUT2D eigenvalue weighted by molar-refractivity contribution is 5.76. The summed E-state index contributed by atoms with van der Waals surface area (Å²) in [4.78, 5) is 11.1. The van der Waals surface area contributed by atoms with Crippen molar-refractivity contribution >= 4 is 5.91 Å². The molecule has 0 radical (unpaired) electrons. The van der Waals surface area contributed by atoms with E-state index in [2.05, 4.69) is 12.2 Å². The molecule has 2 rings (SSSR count). The molecule has 1 unspecified atom stereocenters. The van der Waals surface area contributed by atoms with Crippen LogP contribution < -0.4 is 11.1 Å². The average Bonchev–Trinajstić information content (AvgIpc) is 2.39. The fraction of sp³-hybridized carbons (Fsp3) is 0.562. The fourth-order valence-electron chi connectivity index (χ4n) is 3.02. The van der Waals surface area contributed by atoms with Crippen LogP contribution in [0.15, 0.2) is 24.3 Å². The summed E-state index contributed by atoms with van der Waals surface area (Å²) in [6.07, 6.45) is 4.54. The molecule has 0 bridgehead atoms. The molecule has 1 aromatic carbocycles. The van der Waals surface area contributed by atoms with E-state index in [1.807, 2.05) is 6.07 Å². The Bertz CT molecular complexity index is 456. The number of carbonyl (C=O) groups excluding carboxylic acids is 1. The Balaban J connectivity index is 1.78. The molecule has 3 N–H and O–H groups in total. The summed E-state index contributed by atoms with van der Waals surface area (Å²) < 4.78 is 13.1. The van der Waals surface area contributed by atoms with Gasteiger partial charge in [-0.25, -0.2) is 4.39 Å². The van der Waals surface area contributed by atoms with Crippen molar-refractivity contribution in [1.82, 2.24) is 5.32 Å². The predicted molar refractivity (Wildman–Crippen MR) is 77.6 cm³/mol. The Morgan fingerprint density at radius 1 is 1.40 bits per heavy atom. The summed E-state index contributed by atoms with van der Waals surface area (Å²) in [6, 6.07) is 7.48. The first kappa shape index (κ1) is 15.0. The van der Waals surface area contributed by atoms with E-state index in [0.29, 0.717) is 12.1 Å². The molecule has 1 aliphatic rings. The Hall–Kier alpha value is -1.42. The van der Waals surface area contributed by atoms with Gasteiger partial charge in [-0.15, -0.1) is 0 Å². The van der Waals surface area contributed by atoms with Crippen LogP contribution in [0.3, 0.4) is 0 Å². The summed E-state index contributed by atoms with van der Waals surface area (Å²) >= 11 is 0. The number of benzene rings is 1. The van der Waals surface area contributed by atoms with Crippen LogP contribution in [0.5, 0.6) is 0 Å². The van der Waals surface area contributed by atoms with Gasteiger partial charge in [0.2, 0.25) is 5.91 Å². The van der Waals surface area contributed by atoms with Crippen molar-refractivity contribution in [2.24, 2.45) is 11.7 Å². The highest BCUT2D eigenvalue weighted by Gasteiger charge is 2.25. The van der Waals surface area contributed by atoms with Gasteiger partial charge >= 0.3 is 0 Å². The van der Waals surface area contributed by atoms with Gasteiger partial charge in [-0.3, -0.25) is 4.79 Å². The molecule has 1 fully saturated rings. The van der Waals surface area contributed by atoms with Gasteiger partial charge in [-0.1, -0.05) is 12.1 Å². The molecule has 1 aliphatic carbocycles. The second-order valence-electron chi connectivity index (χ2n) is 5.85. The zero-order valence-electron chi connectivity index (χ0n) is 11.9. The van der Waals surface area contributed by atoms with Crippen molar-refractivity contribution in [1.29, 1.82) is 0 Å². The summed E-state index contributed by atoms with van der Waals surface area (Å²) in [6.45, 7) is 2.12. The molecule has 0 spiro atoms. The Kier molecular flexibility index (Phi) is 5.12. The Morgan fingerprint density at radius 3 is 2.70 bits per heavy atom. The maximum Gasteiger partial charge on any atom is 0.220 e. The Morgan fingerprint density at radius 2 is 2.10 bits per heavy atom. The summed E-state index contributed by atoms with van der Waals surface area (Å²) in [7, 11) is 0. The van der Waals surface area contributed by atoms with Crippen molar-refractivity contribution in [2.75, 3.05) is 0 Å². The van der Waals surface area contributed by atoms with Crippen LogP contribution in [0.25, 0.3) is 0 Å². The van der Waals surface area contributed by atoms with Gasteiger partial charge in [0.15, 0.2) is 0 Å². The van der Waals surface area contributed by atoms with Crippen LogP contribution in [-0.2, 0) is 11.2 Å². The minimum atomic E-state index is -0.184. The zero-order valence-corrected chi connectivity index (χ0v) is 11.9. The molecule has 1 amide bonds. The van der Waals surface area contributed by atoms with Crippen LogP contribution in [0.1, 0.15) is 38.2 Å². The van der Waals surface area contributed by atoms with Gasteiger partial charge in [0, 0.05) is 18.0 Å². The number of halogens is 1. The third-order valence-corrected chi connectivity index (χ3v) is 4.08. The lowest BCUT2D eigenvalue weighted by Crippen LogP contribution is -2.41. The third-order valence-electron chi connectivity index (χ3n) is 4.08. The first-order chi connectivity index (χ1) is 9.54. The molecular formula is C16H23FN2O. The highest BCUT2D eigenvalue weighted by atomic mass is 19.1. The second kappa shape index (κ2) is 6.84. The number of primary amides is 1. The lowest BCUT2D eigenvalue weighted by atomic mass is 9.85. The molecule has 3 nitrogen and oxygen atoms in total. The molecule has 20 heavy (non-hydrogen) atoms. The minimum absolute atomic E-state index is 0.0478. The maximum absolute atomic E-state index is 13.1. The summed E-state index contributed by atoms with van der Waals surface area (Å²) in [5.74, 6) is -0.306. The van der Waals surface area contributed by atoms with Crippen LogP contribution in [-0.4, -0.2) is 18.0 Å². The first-order valence-electron chi connectivity index (χ1n) is 7.34. The molecule has 0 aliphatic heterocycles. The van der Waals surface area contributed by atoms with E-state index in [1.165, 1.54) is 6.07 Å². The maximum atomic E-state index is 13.1. The lowest BCUT2D eigenvalue weighted by Gasteiger charge is -2.30. The molecule has 0 saturated heterocycles. The molecular weight excluding hydrogens is 255 g/mol. The minimum Gasteiger partial charge on any atom is -0.369 e. The zero-order chi connectivity index (χ0) is 14.5. The number of rotatable bonds is 5. The van der Waals surface area contributed by atoms with Gasteiger partial charge in [0.1, 0.15) is 5.82 Å². The molecule has 1 atom stereocenters. The average molecular weight is 278 g/mol. The molecule has 0 aromatic heterocycles. The number of carbonyl (C=O) groups is 1. The van der Waals surface area contributed by atoms with Crippen molar-refractivity contribution in [3.63, 3.8) is 0 Å². The van der Waals surface area contributed by atoms with Crippen molar-refractivity contribution in [3.8, 4) is 0 Å². The van der Waals surface area contributed by atoms with Crippen LogP contribution >= 0.6 is 0 Å². The van der Waals surface area contributed by atoms with Crippen molar-refractivity contribution in [3.05, 3.63) is 35.6 Å². The number of hydrogen-bond acceptors (Lipinski definition) is 2. The van der Waals surface area contributed by atoms with E-state index >= 15 is 0 Å². The normalized spacial score (nSPS) is 24.3. The van der Waals surface area contributed by atoms with E-state index < -0.39 is 0 Å². The quantitative estimate of drug-likeness (QED) is 0.869. The van der Waals surface area contributed by atoms with E-state index in [1.54, 1.807) is 12.1 Å². The molecule has 110 valence electrons. The largest absolute Gasteiger partial charge is 0.369 e. The van der Waals surface area contributed by atoms with E-state index in [9.17, 15) is 9.18 Å². The monoisotopic (exact) mass is 278 g/mol. The predicted octanol–water partition coefficient (Wildman–Crippen LogP) is 2.39. The lowest BCUT2D eigenvalue weighted by molar-refractivity contribution is -0.122. The standard InChI is InChI=1S/C16H23FN2O/c1-11(9-12-3-2-4-14(17)10-12)19-15-7-5-13(6-8-15)16(18)20/h2-4,10-11,13,15,19H,5-9H2,1H3,(H2,18,20). The summed E-state index contributed by atoms with van der Waals surface area (Å²) in [5, 5.41) is 3.57. The number of nitrogens with two attached hydrogens (primary N) is 1. The van der Waals surface area contributed by atoms with E-state index in [0.717, 1.165) is 37.7 Å². The van der Waals surface area contributed by atoms with Crippen LogP contribution in [0.4, 0.5) is 4.39 Å². The van der Waals surface area contributed by atoms with Gasteiger partial charge in [0.05, 0.1) is 0 Å². The fourth-order valence-corrected chi connectivity index (χ4v) is 3.02. The number of hydrogen-bond donors (Lipinski definition) is 2. The molecule has 4 heteroatoms. The number of amides is 1. The summed E-state index contributed by atoms with van der Waals surface area (Å²) in [5.41, 5.74) is 6.35. The molecule has 1 aromatic rings. The smallest absolute Gasteiger partial charge is 0.220 e. The number of nitrogens with one attached hydrogen (secondary N) is 1. The second-order valence-corrected chi connectivity index (χ2v) is 5.85. The van der Waals surface area contributed by atoms with Crippen molar-refractivity contribution in [2.45, 2.75) is 51.1 Å². The third kappa shape index (κ3) is 4.30. The van der Waals surface area contributed by atoms with E-state index in [4.69, 9.17) is 5.73 Å². The highest BCUT2D eigenvalue weighted by Crippen LogP contribution is 2.24. The van der Waals surface area contributed by atoms with Gasteiger partial charge in [0.25, 0.3) is 0 Å². The topological polar surface area (TPSA) is 55.1 Å². The van der Waals surface area contributed by atoms with Crippen molar-refractivity contribution < 1.29 is 9.18 Å². The van der Waals surface area contributed by atoms with Gasteiger partial charge < -0.3 is 11.1 Å². The molecule has 1 saturated carbocycles. The van der Waals surface area contributed by atoms with Gasteiger partial charge in [-0.05, 0) is 56.7 Å². The van der Waals surface area contributed by atoms with Crippen LogP contribution in [0.2, 0.25) is 0 Å². The first-order valence-corrected chi connectivity index (χ1v) is 7.34. The Labute approximate surface area is 119 Å². The van der Waals surface area contributed by atoms with Gasteiger partial charge in [-0.2, -0.15) is 0 Å². The SMILES string of the molecule is CC(Cc1cccc(F)c1)NC1CCC(C(N)=O)CC1.